The SMILES string of the molecule is COc1ccc(Cn2c(CCNC(=O)c3ccc(Cl)cc3)nc3ccccc32)cc1. The first-order valence-electron chi connectivity index (χ1n) is 9.75. The van der Waals surface area contributed by atoms with Crippen molar-refractivity contribution in [1.29, 1.82) is 0 Å². The minimum absolute atomic E-state index is 0.121. The number of carbonyl (C=O) groups is 1. The summed E-state index contributed by atoms with van der Waals surface area (Å²) >= 11 is 5.89. The monoisotopic (exact) mass is 419 g/mol. The Bertz CT molecular complexity index is 1150. The predicted octanol–water partition coefficient (Wildman–Crippen LogP) is 4.72. The van der Waals surface area contributed by atoms with Gasteiger partial charge in [0.15, 0.2) is 0 Å². The molecule has 152 valence electrons. The lowest BCUT2D eigenvalue weighted by molar-refractivity contribution is 0.0954. The number of ether oxygens (including phenoxy) is 1. The van der Waals surface area contributed by atoms with Crippen LogP contribution in [0.25, 0.3) is 11.0 Å². The molecule has 0 bridgehead atoms. The second-order valence-electron chi connectivity index (χ2n) is 6.96. The topological polar surface area (TPSA) is 56.1 Å². The van der Waals surface area contributed by atoms with Crippen LogP contribution in [0.4, 0.5) is 0 Å². The van der Waals surface area contributed by atoms with E-state index in [-0.39, 0.29) is 5.91 Å². The molecule has 0 saturated heterocycles. The van der Waals surface area contributed by atoms with Crippen molar-refractivity contribution in [2.75, 3.05) is 13.7 Å². The highest BCUT2D eigenvalue weighted by Gasteiger charge is 2.12. The highest BCUT2D eigenvalue weighted by atomic mass is 35.5. The molecule has 1 heterocycles. The lowest BCUT2D eigenvalue weighted by atomic mass is 10.2. The first-order chi connectivity index (χ1) is 14.6. The minimum atomic E-state index is -0.121. The Kier molecular flexibility index (Phi) is 6.00. The number of para-hydroxylation sites is 2. The summed E-state index contributed by atoms with van der Waals surface area (Å²) in [5.41, 5.74) is 3.77. The zero-order valence-electron chi connectivity index (χ0n) is 16.6. The van der Waals surface area contributed by atoms with Gasteiger partial charge in [0.2, 0.25) is 0 Å². The van der Waals surface area contributed by atoms with E-state index in [0.717, 1.165) is 28.2 Å². The van der Waals surface area contributed by atoms with Crippen LogP contribution in [0.1, 0.15) is 21.7 Å². The Labute approximate surface area is 180 Å². The van der Waals surface area contributed by atoms with Crippen LogP contribution in [0.2, 0.25) is 5.02 Å². The standard InChI is InChI=1S/C24H22ClN3O2/c1-30-20-12-6-17(7-13-20)16-28-22-5-3-2-4-21(22)27-23(28)14-15-26-24(29)18-8-10-19(25)11-9-18/h2-13H,14-16H2,1H3,(H,26,29). The number of hydrogen-bond acceptors (Lipinski definition) is 3. The van der Waals surface area contributed by atoms with Crippen molar-refractivity contribution in [1.82, 2.24) is 14.9 Å². The quantitative estimate of drug-likeness (QED) is 0.471. The molecule has 3 aromatic carbocycles. The Hall–Kier alpha value is -3.31. The van der Waals surface area contributed by atoms with Crippen molar-refractivity contribution in [2.24, 2.45) is 0 Å². The van der Waals surface area contributed by atoms with Crippen molar-refractivity contribution >= 4 is 28.5 Å². The van der Waals surface area contributed by atoms with Crippen molar-refractivity contribution in [3.8, 4) is 5.75 Å². The van der Waals surface area contributed by atoms with E-state index < -0.39 is 0 Å². The van der Waals surface area contributed by atoms with Gasteiger partial charge in [0, 0.05) is 30.1 Å². The lowest BCUT2D eigenvalue weighted by Gasteiger charge is -2.11. The van der Waals surface area contributed by atoms with E-state index in [4.69, 9.17) is 21.3 Å². The van der Waals surface area contributed by atoms with E-state index in [1.165, 1.54) is 0 Å². The normalized spacial score (nSPS) is 10.9. The molecule has 0 fully saturated rings. The van der Waals surface area contributed by atoms with Gasteiger partial charge in [0.05, 0.1) is 18.1 Å². The second kappa shape index (κ2) is 9.01. The molecule has 4 aromatic rings. The van der Waals surface area contributed by atoms with Crippen LogP contribution < -0.4 is 10.1 Å². The maximum atomic E-state index is 12.4. The van der Waals surface area contributed by atoms with E-state index in [2.05, 4.69) is 28.1 Å². The van der Waals surface area contributed by atoms with E-state index >= 15 is 0 Å². The molecule has 30 heavy (non-hydrogen) atoms. The first kappa shape index (κ1) is 20.0. The number of nitrogens with one attached hydrogen (secondary N) is 1. The molecule has 0 atom stereocenters. The summed E-state index contributed by atoms with van der Waals surface area (Å²) in [7, 11) is 1.66. The van der Waals surface area contributed by atoms with Gasteiger partial charge in [-0.05, 0) is 54.1 Å². The van der Waals surface area contributed by atoms with E-state index in [1.807, 2.05) is 30.3 Å². The van der Waals surface area contributed by atoms with Crippen LogP contribution >= 0.6 is 11.6 Å². The smallest absolute Gasteiger partial charge is 0.251 e. The maximum absolute atomic E-state index is 12.4. The number of amides is 1. The number of halogens is 1. The maximum Gasteiger partial charge on any atom is 0.251 e. The fraction of sp³-hybridized carbons (Fsp3) is 0.167. The number of hydrogen-bond donors (Lipinski definition) is 1. The summed E-state index contributed by atoms with van der Waals surface area (Å²) in [6, 6.07) is 23.0. The molecule has 1 amide bonds. The summed E-state index contributed by atoms with van der Waals surface area (Å²) in [5, 5.41) is 3.58. The lowest BCUT2D eigenvalue weighted by Crippen LogP contribution is -2.26. The molecule has 0 aliphatic heterocycles. The summed E-state index contributed by atoms with van der Waals surface area (Å²) in [6.07, 6.45) is 0.629. The molecule has 0 unspecified atom stereocenters. The van der Waals surface area contributed by atoms with Crippen molar-refractivity contribution in [2.45, 2.75) is 13.0 Å². The molecule has 4 rings (SSSR count). The molecule has 5 nitrogen and oxygen atoms in total. The number of benzene rings is 3. The minimum Gasteiger partial charge on any atom is -0.497 e. The summed E-state index contributed by atoms with van der Waals surface area (Å²) in [6.45, 7) is 1.19. The molecule has 0 saturated carbocycles. The van der Waals surface area contributed by atoms with Gasteiger partial charge in [-0.1, -0.05) is 35.9 Å². The van der Waals surface area contributed by atoms with Gasteiger partial charge in [-0.2, -0.15) is 0 Å². The number of methoxy groups -OCH3 is 1. The fourth-order valence-corrected chi connectivity index (χ4v) is 3.52. The third kappa shape index (κ3) is 4.47. The van der Waals surface area contributed by atoms with Crippen LogP contribution in [0.5, 0.6) is 5.75 Å². The molecule has 1 N–H and O–H groups in total. The van der Waals surface area contributed by atoms with Gasteiger partial charge in [-0.25, -0.2) is 4.98 Å². The van der Waals surface area contributed by atoms with Gasteiger partial charge in [-0.3, -0.25) is 4.79 Å². The Morgan fingerprint density at radius 3 is 2.50 bits per heavy atom. The highest BCUT2D eigenvalue weighted by Crippen LogP contribution is 2.20. The average molecular weight is 420 g/mol. The predicted molar refractivity (Wildman–Crippen MR) is 119 cm³/mol. The number of rotatable bonds is 7. The Morgan fingerprint density at radius 1 is 1.03 bits per heavy atom. The van der Waals surface area contributed by atoms with Gasteiger partial charge in [0.25, 0.3) is 5.91 Å². The summed E-state index contributed by atoms with van der Waals surface area (Å²) < 4.78 is 7.45. The van der Waals surface area contributed by atoms with Crippen molar-refractivity contribution < 1.29 is 9.53 Å². The van der Waals surface area contributed by atoms with Crippen LogP contribution in [0.15, 0.2) is 72.8 Å². The van der Waals surface area contributed by atoms with E-state index in [0.29, 0.717) is 30.1 Å². The van der Waals surface area contributed by atoms with Crippen LogP contribution in [0, 0.1) is 0 Å². The average Bonchev–Trinajstić information content (AvgIpc) is 3.12. The Morgan fingerprint density at radius 2 is 1.77 bits per heavy atom. The number of nitrogens with zero attached hydrogens (tertiary/aromatic N) is 2. The van der Waals surface area contributed by atoms with Gasteiger partial charge in [0.1, 0.15) is 11.6 Å². The number of carbonyl (C=O) groups excluding carboxylic acids is 1. The third-order valence-corrected chi connectivity index (χ3v) is 5.23. The van der Waals surface area contributed by atoms with Gasteiger partial charge >= 0.3 is 0 Å². The molecular weight excluding hydrogens is 398 g/mol. The fourth-order valence-electron chi connectivity index (χ4n) is 3.40. The van der Waals surface area contributed by atoms with Crippen molar-refractivity contribution in [3.05, 3.63) is 94.8 Å². The number of imidazole rings is 1. The van der Waals surface area contributed by atoms with Crippen LogP contribution in [0.3, 0.4) is 0 Å². The molecule has 0 radical (unpaired) electrons. The zero-order chi connectivity index (χ0) is 20.9. The highest BCUT2D eigenvalue weighted by molar-refractivity contribution is 6.30. The molecule has 0 aliphatic carbocycles. The summed E-state index contributed by atoms with van der Waals surface area (Å²) in [4.78, 5) is 17.2. The van der Waals surface area contributed by atoms with Gasteiger partial charge < -0.3 is 14.6 Å². The summed E-state index contributed by atoms with van der Waals surface area (Å²) in [5.74, 6) is 1.65. The molecular formula is C24H22ClN3O2. The van der Waals surface area contributed by atoms with Crippen LogP contribution in [-0.2, 0) is 13.0 Å². The van der Waals surface area contributed by atoms with Gasteiger partial charge in [-0.15, -0.1) is 0 Å². The Balaban J connectivity index is 1.50. The largest absolute Gasteiger partial charge is 0.497 e. The second-order valence-corrected chi connectivity index (χ2v) is 7.40. The number of aromatic nitrogens is 2. The molecule has 6 heteroatoms. The van der Waals surface area contributed by atoms with Crippen LogP contribution in [-0.4, -0.2) is 29.1 Å². The first-order valence-corrected chi connectivity index (χ1v) is 10.1. The van der Waals surface area contributed by atoms with E-state index in [1.54, 1.807) is 31.4 Å². The molecule has 0 aliphatic rings. The third-order valence-electron chi connectivity index (χ3n) is 4.97. The number of fused-ring (bicyclic) bond motifs is 1. The van der Waals surface area contributed by atoms with E-state index in [9.17, 15) is 4.79 Å². The zero-order valence-corrected chi connectivity index (χ0v) is 17.4. The van der Waals surface area contributed by atoms with Crippen molar-refractivity contribution in [3.63, 3.8) is 0 Å². The molecule has 1 aromatic heterocycles. The molecule has 0 spiro atoms.